The zero-order valence-corrected chi connectivity index (χ0v) is 15.8. The van der Waals surface area contributed by atoms with Crippen LogP contribution in [0.3, 0.4) is 0 Å². The predicted molar refractivity (Wildman–Crippen MR) is 95.9 cm³/mol. The first-order valence-electron chi connectivity index (χ1n) is 8.76. The van der Waals surface area contributed by atoms with Crippen molar-refractivity contribution < 1.29 is 28.5 Å². The van der Waals surface area contributed by atoms with Crippen molar-refractivity contribution in [3.05, 3.63) is 17.7 Å². The molecule has 0 saturated heterocycles. The van der Waals surface area contributed by atoms with E-state index in [1.54, 1.807) is 0 Å². The van der Waals surface area contributed by atoms with Gasteiger partial charge in [-0.3, -0.25) is 4.79 Å². The van der Waals surface area contributed by atoms with Crippen molar-refractivity contribution in [2.24, 2.45) is 5.92 Å². The maximum absolute atomic E-state index is 12.3. The Labute approximate surface area is 153 Å². The number of hydrogen-bond donors (Lipinski definition) is 1. The third kappa shape index (κ3) is 4.80. The van der Waals surface area contributed by atoms with Gasteiger partial charge in [-0.2, -0.15) is 0 Å². The number of esters is 1. The number of hydrogen-bond acceptors (Lipinski definition) is 6. The third-order valence-electron chi connectivity index (χ3n) is 4.69. The minimum Gasteiger partial charge on any atom is -0.493 e. The Hall–Kier alpha value is -2.44. The highest BCUT2D eigenvalue weighted by Gasteiger charge is 2.24. The molecule has 2 rings (SSSR count). The molecule has 1 amide bonds. The molecule has 1 aromatic rings. The number of amides is 1. The number of rotatable bonds is 7. The normalized spacial score (nSPS) is 19.4. The number of benzene rings is 1. The highest BCUT2D eigenvalue weighted by molar-refractivity contribution is 5.92. The number of carbonyl (C=O) groups is 2. The number of nitrogens with one attached hydrogen (secondary N) is 1. The van der Waals surface area contributed by atoms with Gasteiger partial charge in [0.2, 0.25) is 5.75 Å². The van der Waals surface area contributed by atoms with Crippen molar-refractivity contribution in [1.29, 1.82) is 0 Å². The predicted octanol–water partition coefficient (Wildman–Crippen LogP) is 2.56. The Balaban J connectivity index is 1.97. The van der Waals surface area contributed by atoms with Crippen LogP contribution in [0.15, 0.2) is 12.1 Å². The standard InChI is InChI=1S/C19H27NO6/c1-12-7-5-6-8-14(12)20-17(21)11-26-19(22)13-9-15(23-2)18(25-4)16(10-13)24-3/h9-10,12,14H,5-8,11H2,1-4H3,(H,20,21)/t12-,14+/m1/s1. The van der Waals surface area contributed by atoms with Gasteiger partial charge >= 0.3 is 5.97 Å². The second-order valence-electron chi connectivity index (χ2n) is 6.43. The summed E-state index contributed by atoms with van der Waals surface area (Å²) in [4.78, 5) is 24.4. The fourth-order valence-electron chi connectivity index (χ4n) is 3.19. The van der Waals surface area contributed by atoms with E-state index in [0.717, 1.165) is 19.3 Å². The quantitative estimate of drug-likeness (QED) is 0.748. The van der Waals surface area contributed by atoms with Gasteiger partial charge < -0.3 is 24.3 Å². The van der Waals surface area contributed by atoms with Crippen LogP contribution in [0.5, 0.6) is 17.2 Å². The van der Waals surface area contributed by atoms with E-state index in [2.05, 4.69) is 12.2 Å². The van der Waals surface area contributed by atoms with Gasteiger partial charge in [0.05, 0.1) is 26.9 Å². The molecule has 7 nitrogen and oxygen atoms in total. The van der Waals surface area contributed by atoms with E-state index in [9.17, 15) is 9.59 Å². The van der Waals surface area contributed by atoms with Crippen LogP contribution in [0.1, 0.15) is 43.0 Å². The van der Waals surface area contributed by atoms with Crippen LogP contribution in [0, 0.1) is 5.92 Å². The van der Waals surface area contributed by atoms with E-state index in [-0.39, 0.29) is 24.1 Å². The summed E-state index contributed by atoms with van der Waals surface area (Å²) < 4.78 is 20.8. The summed E-state index contributed by atoms with van der Waals surface area (Å²) in [7, 11) is 4.41. The highest BCUT2D eigenvalue weighted by Crippen LogP contribution is 2.38. The van der Waals surface area contributed by atoms with Crippen molar-refractivity contribution in [3.63, 3.8) is 0 Å². The molecule has 0 heterocycles. The van der Waals surface area contributed by atoms with Gasteiger partial charge in [-0.25, -0.2) is 4.79 Å². The number of methoxy groups -OCH3 is 3. The van der Waals surface area contributed by atoms with Gasteiger partial charge in [0, 0.05) is 6.04 Å². The van der Waals surface area contributed by atoms with Crippen LogP contribution >= 0.6 is 0 Å². The van der Waals surface area contributed by atoms with Gasteiger partial charge in [0.25, 0.3) is 5.91 Å². The average molecular weight is 365 g/mol. The van der Waals surface area contributed by atoms with E-state index >= 15 is 0 Å². The van der Waals surface area contributed by atoms with Crippen LogP contribution in [0.2, 0.25) is 0 Å². The van der Waals surface area contributed by atoms with Gasteiger partial charge in [-0.05, 0) is 30.9 Å². The molecule has 0 radical (unpaired) electrons. The average Bonchev–Trinajstić information content (AvgIpc) is 2.66. The van der Waals surface area contributed by atoms with Crippen molar-refractivity contribution >= 4 is 11.9 Å². The summed E-state index contributed by atoms with van der Waals surface area (Å²) in [5.41, 5.74) is 0.221. The Morgan fingerprint density at radius 1 is 1.04 bits per heavy atom. The van der Waals surface area contributed by atoms with Crippen LogP contribution in [-0.2, 0) is 9.53 Å². The van der Waals surface area contributed by atoms with E-state index in [4.69, 9.17) is 18.9 Å². The van der Waals surface area contributed by atoms with Gasteiger partial charge in [-0.15, -0.1) is 0 Å². The molecule has 144 valence electrons. The van der Waals surface area contributed by atoms with Crippen molar-refractivity contribution in [2.45, 2.75) is 38.6 Å². The molecule has 0 bridgehead atoms. The molecule has 0 aliphatic heterocycles. The lowest BCUT2D eigenvalue weighted by Crippen LogP contribution is -2.42. The molecule has 0 aromatic heterocycles. The molecule has 1 N–H and O–H groups in total. The van der Waals surface area contributed by atoms with Crippen molar-refractivity contribution in [2.75, 3.05) is 27.9 Å². The molecule has 1 aliphatic rings. The Kier molecular flexibility index (Phi) is 7.12. The molecule has 2 atom stereocenters. The van der Waals surface area contributed by atoms with Crippen LogP contribution < -0.4 is 19.5 Å². The summed E-state index contributed by atoms with van der Waals surface area (Å²) in [6.45, 7) is 1.81. The Morgan fingerprint density at radius 3 is 2.19 bits per heavy atom. The lowest BCUT2D eigenvalue weighted by atomic mass is 9.86. The summed E-state index contributed by atoms with van der Waals surface area (Å²) in [5, 5.41) is 2.95. The van der Waals surface area contributed by atoms with Gasteiger partial charge in [0.1, 0.15) is 0 Å². The van der Waals surface area contributed by atoms with Crippen LogP contribution in [0.4, 0.5) is 0 Å². The molecule has 7 heteroatoms. The van der Waals surface area contributed by atoms with E-state index in [1.807, 2.05) is 0 Å². The number of carbonyl (C=O) groups excluding carboxylic acids is 2. The molecule has 1 saturated carbocycles. The van der Waals surface area contributed by atoms with E-state index < -0.39 is 5.97 Å². The van der Waals surface area contributed by atoms with Crippen LogP contribution in [0.25, 0.3) is 0 Å². The largest absolute Gasteiger partial charge is 0.493 e. The summed E-state index contributed by atoms with van der Waals surface area (Å²) in [5.74, 6) is 0.605. The first-order valence-corrected chi connectivity index (χ1v) is 8.76. The fraction of sp³-hybridized carbons (Fsp3) is 0.579. The zero-order chi connectivity index (χ0) is 19.1. The minimum atomic E-state index is -0.629. The molecule has 1 fully saturated rings. The molecular weight excluding hydrogens is 338 g/mol. The van der Waals surface area contributed by atoms with Gasteiger partial charge in [0.15, 0.2) is 18.1 Å². The maximum Gasteiger partial charge on any atom is 0.338 e. The second-order valence-corrected chi connectivity index (χ2v) is 6.43. The summed E-state index contributed by atoms with van der Waals surface area (Å²) in [6, 6.07) is 3.13. The number of ether oxygens (including phenoxy) is 4. The molecule has 1 aliphatic carbocycles. The lowest BCUT2D eigenvalue weighted by Gasteiger charge is -2.29. The summed E-state index contributed by atoms with van der Waals surface area (Å²) in [6.07, 6.45) is 4.38. The first kappa shape index (κ1) is 19.9. The SMILES string of the molecule is COc1cc(C(=O)OCC(=O)N[C@H]2CCCC[C@H]2C)cc(OC)c1OC. The minimum absolute atomic E-state index is 0.149. The monoisotopic (exact) mass is 365 g/mol. The van der Waals surface area contributed by atoms with Crippen molar-refractivity contribution in [1.82, 2.24) is 5.32 Å². The maximum atomic E-state index is 12.3. The Bertz CT molecular complexity index is 620. The third-order valence-corrected chi connectivity index (χ3v) is 4.69. The molecule has 0 unspecified atom stereocenters. The van der Waals surface area contributed by atoms with E-state index in [1.165, 1.54) is 39.9 Å². The lowest BCUT2D eigenvalue weighted by molar-refractivity contribution is -0.125. The molecular formula is C19H27NO6. The first-order chi connectivity index (χ1) is 12.5. The van der Waals surface area contributed by atoms with E-state index in [0.29, 0.717) is 23.2 Å². The Morgan fingerprint density at radius 2 is 1.65 bits per heavy atom. The fourth-order valence-corrected chi connectivity index (χ4v) is 3.19. The smallest absolute Gasteiger partial charge is 0.338 e. The zero-order valence-electron chi connectivity index (χ0n) is 15.8. The highest BCUT2D eigenvalue weighted by atomic mass is 16.5. The topological polar surface area (TPSA) is 83.1 Å². The molecule has 1 aromatic carbocycles. The van der Waals surface area contributed by atoms with Crippen LogP contribution in [-0.4, -0.2) is 45.9 Å². The van der Waals surface area contributed by atoms with Gasteiger partial charge in [-0.1, -0.05) is 19.8 Å². The molecule has 26 heavy (non-hydrogen) atoms. The van der Waals surface area contributed by atoms with Crippen molar-refractivity contribution in [3.8, 4) is 17.2 Å². The molecule has 0 spiro atoms. The summed E-state index contributed by atoms with van der Waals surface area (Å²) >= 11 is 0. The second kappa shape index (κ2) is 9.31.